The zero-order chi connectivity index (χ0) is 19.1. The highest BCUT2D eigenvalue weighted by molar-refractivity contribution is 5.94. The molecule has 3 rings (SSSR count). The number of nitrogens with zero attached hydrogens (tertiary/aromatic N) is 2. The predicted octanol–water partition coefficient (Wildman–Crippen LogP) is 4.39. The van der Waals surface area contributed by atoms with Gasteiger partial charge in [0.1, 0.15) is 11.6 Å². The summed E-state index contributed by atoms with van der Waals surface area (Å²) in [6.45, 7) is 1.99. The third-order valence-corrected chi connectivity index (χ3v) is 4.94. The second-order valence-electron chi connectivity index (χ2n) is 7.03. The van der Waals surface area contributed by atoms with Crippen LogP contribution in [-0.4, -0.2) is 28.1 Å². The van der Waals surface area contributed by atoms with Gasteiger partial charge in [0.25, 0.3) is 0 Å². The molecule has 2 aromatic rings. The van der Waals surface area contributed by atoms with E-state index >= 15 is 0 Å². The van der Waals surface area contributed by atoms with E-state index in [1.54, 1.807) is 30.5 Å². The number of carbonyl (C=O) groups is 2. The number of aromatic nitrogens is 2. The zero-order valence-corrected chi connectivity index (χ0v) is 15.8. The molecule has 1 aromatic heterocycles. The molecule has 1 aromatic carbocycles. The lowest BCUT2D eigenvalue weighted by Gasteiger charge is -2.23. The van der Waals surface area contributed by atoms with Crippen LogP contribution in [0.5, 0.6) is 5.75 Å². The van der Waals surface area contributed by atoms with Crippen molar-refractivity contribution in [2.24, 2.45) is 0 Å². The number of carbonyl (C=O) groups excluding carboxylic acids is 2. The smallest absolute Gasteiger partial charge is 0.225 e. The SMILES string of the molecule is CC(=O)c1ccc(OCCCC(=O)Nc2ccnn2C2CCCCC2)cc1. The largest absolute Gasteiger partial charge is 0.494 e. The van der Waals surface area contributed by atoms with Crippen LogP contribution < -0.4 is 10.1 Å². The van der Waals surface area contributed by atoms with Crippen LogP contribution in [0, 0.1) is 0 Å². The highest BCUT2D eigenvalue weighted by atomic mass is 16.5. The molecule has 0 radical (unpaired) electrons. The van der Waals surface area contributed by atoms with Gasteiger partial charge in [0, 0.05) is 18.1 Å². The van der Waals surface area contributed by atoms with Gasteiger partial charge in [-0.2, -0.15) is 5.10 Å². The van der Waals surface area contributed by atoms with Crippen LogP contribution in [0.1, 0.15) is 68.3 Å². The van der Waals surface area contributed by atoms with Gasteiger partial charge < -0.3 is 10.1 Å². The fraction of sp³-hybridized carbons (Fsp3) is 0.476. The fourth-order valence-corrected chi connectivity index (χ4v) is 3.44. The van der Waals surface area contributed by atoms with Gasteiger partial charge in [0.15, 0.2) is 5.78 Å². The number of nitrogens with one attached hydrogen (secondary N) is 1. The standard InChI is InChI=1S/C21H27N3O3/c1-16(25)17-9-11-19(12-10-17)27-15-5-8-21(26)23-20-13-14-22-24(20)18-6-3-2-4-7-18/h9-14,18H,2-8,15H2,1H3,(H,23,26). The van der Waals surface area contributed by atoms with Gasteiger partial charge >= 0.3 is 0 Å². The molecule has 144 valence electrons. The third-order valence-electron chi connectivity index (χ3n) is 4.94. The van der Waals surface area contributed by atoms with Gasteiger partial charge in [-0.3, -0.25) is 9.59 Å². The average Bonchev–Trinajstić information content (AvgIpc) is 3.14. The first-order valence-electron chi connectivity index (χ1n) is 9.70. The summed E-state index contributed by atoms with van der Waals surface area (Å²) in [5, 5.41) is 7.38. The maximum Gasteiger partial charge on any atom is 0.225 e. The molecular formula is C21H27N3O3. The number of hydrogen-bond acceptors (Lipinski definition) is 4. The normalized spacial score (nSPS) is 14.7. The van der Waals surface area contributed by atoms with Crippen LogP contribution in [0.2, 0.25) is 0 Å². The monoisotopic (exact) mass is 369 g/mol. The summed E-state index contributed by atoms with van der Waals surface area (Å²) in [4.78, 5) is 23.5. The van der Waals surface area contributed by atoms with E-state index in [1.165, 1.54) is 26.2 Å². The van der Waals surface area contributed by atoms with E-state index < -0.39 is 0 Å². The van der Waals surface area contributed by atoms with E-state index in [0.717, 1.165) is 18.7 Å². The first-order chi connectivity index (χ1) is 13.1. The minimum atomic E-state index is -0.0249. The topological polar surface area (TPSA) is 73.2 Å². The van der Waals surface area contributed by atoms with Crippen LogP contribution >= 0.6 is 0 Å². The number of amides is 1. The molecule has 1 aliphatic carbocycles. The summed E-state index contributed by atoms with van der Waals surface area (Å²) in [6, 6.07) is 9.30. The second-order valence-corrected chi connectivity index (χ2v) is 7.03. The Bertz CT molecular complexity index is 761. The lowest BCUT2D eigenvalue weighted by molar-refractivity contribution is -0.116. The number of hydrogen-bond donors (Lipinski definition) is 1. The molecule has 1 saturated carbocycles. The molecule has 27 heavy (non-hydrogen) atoms. The first-order valence-corrected chi connectivity index (χ1v) is 9.70. The molecule has 0 spiro atoms. The molecule has 0 bridgehead atoms. The molecule has 0 atom stereocenters. The minimum Gasteiger partial charge on any atom is -0.494 e. The van der Waals surface area contributed by atoms with E-state index in [-0.39, 0.29) is 11.7 Å². The average molecular weight is 369 g/mol. The van der Waals surface area contributed by atoms with Crippen molar-refractivity contribution in [2.75, 3.05) is 11.9 Å². The van der Waals surface area contributed by atoms with E-state index in [0.29, 0.717) is 36.8 Å². The highest BCUT2D eigenvalue weighted by Crippen LogP contribution is 2.29. The molecule has 0 unspecified atom stereocenters. The lowest BCUT2D eigenvalue weighted by Crippen LogP contribution is -2.20. The van der Waals surface area contributed by atoms with Crippen molar-refractivity contribution in [3.63, 3.8) is 0 Å². The number of ketones is 1. The van der Waals surface area contributed by atoms with E-state index in [2.05, 4.69) is 10.4 Å². The Morgan fingerprint density at radius 3 is 2.59 bits per heavy atom. The van der Waals surface area contributed by atoms with Gasteiger partial charge in [0.05, 0.1) is 18.8 Å². The molecule has 1 amide bonds. The molecule has 0 saturated heterocycles. The fourth-order valence-electron chi connectivity index (χ4n) is 3.44. The van der Waals surface area contributed by atoms with Crippen LogP contribution in [0.4, 0.5) is 5.82 Å². The minimum absolute atomic E-state index is 0.0249. The lowest BCUT2D eigenvalue weighted by atomic mass is 9.96. The quantitative estimate of drug-likeness (QED) is 0.553. The Morgan fingerprint density at radius 1 is 1.15 bits per heavy atom. The molecule has 1 aliphatic rings. The summed E-state index contributed by atoms with van der Waals surface area (Å²) in [5.41, 5.74) is 0.663. The van der Waals surface area contributed by atoms with Crippen molar-refractivity contribution >= 4 is 17.5 Å². The molecular weight excluding hydrogens is 342 g/mol. The van der Waals surface area contributed by atoms with Crippen molar-refractivity contribution in [1.82, 2.24) is 9.78 Å². The van der Waals surface area contributed by atoms with Crippen molar-refractivity contribution in [2.45, 2.75) is 57.9 Å². The van der Waals surface area contributed by atoms with Gasteiger partial charge in [-0.1, -0.05) is 19.3 Å². The van der Waals surface area contributed by atoms with E-state index in [4.69, 9.17) is 4.74 Å². The van der Waals surface area contributed by atoms with Crippen LogP contribution in [0.15, 0.2) is 36.5 Å². The van der Waals surface area contributed by atoms with Gasteiger partial charge in [-0.15, -0.1) is 0 Å². The molecule has 6 heteroatoms. The van der Waals surface area contributed by atoms with Gasteiger partial charge in [0.2, 0.25) is 5.91 Å². The molecule has 0 aliphatic heterocycles. The summed E-state index contributed by atoms with van der Waals surface area (Å²) in [6.07, 6.45) is 8.75. The van der Waals surface area contributed by atoms with E-state index in [1.807, 2.05) is 10.7 Å². The second kappa shape index (κ2) is 9.35. The Balaban J connectivity index is 1.41. The van der Waals surface area contributed by atoms with Crippen LogP contribution in [0.3, 0.4) is 0 Å². The van der Waals surface area contributed by atoms with Crippen molar-refractivity contribution in [3.05, 3.63) is 42.1 Å². The Hall–Kier alpha value is -2.63. The number of Topliss-reactive ketones (excluding diaryl/α,β-unsaturated/α-hetero) is 1. The van der Waals surface area contributed by atoms with Crippen molar-refractivity contribution in [3.8, 4) is 5.75 Å². The number of benzene rings is 1. The summed E-state index contributed by atoms with van der Waals surface area (Å²) < 4.78 is 7.60. The van der Waals surface area contributed by atoms with Gasteiger partial charge in [-0.05, 0) is 50.5 Å². The van der Waals surface area contributed by atoms with Crippen molar-refractivity contribution in [1.29, 1.82) is 0 Å². The summed E-state index contributed by atoms with van der Waals surface area (Å²) >= 11 is 0. The Morgan fingerprint density at radius 2 is 1.89 bits per heavy atom. The van der Waals surface area contributed by atoms with E-state index in [9.17, 15) is 9.59 Å². The van der Waals surface area contributed by atoms with Gasteiger partial charge in [-0.25, -0.2) is 4.68 Å². The number of anilines is 1. The maximum absolute atomic E-state index is 12.2. The Kier molecular flexibility index (Phi) is 6.63. The first kappa shape index (κ1) is 19.1. The highest BCUT2D eigenvalue weighted by Gasteiger charge is 2.19. The third kappa shape index (κ3) is 5.42. The summed E-state index contributed by atoms with van der Waals surface area (Å²) in [5.74, 6) is 1.50. The molecule has 1 N–H and O–H groups in total. The summed E-state index contributed by atoms with van der Waals surface area (Å²) in [7, 11) is 0. The Labute approximate surface area is 159 Å². The van der Waals surface area contributed by atoms with Crippen molar-refractivity contribution < 1.29 is 14.3 Å². The molecule has 6 nitrogen and oxygen atoms in total. The maximum atomic E-state index is 12.2. The predicted molar refractivity (Wildman–Crippen MR) is 104 cm³/mol. The van der Waals surface area contributed by atoms with Crippen LogP contribution in [0.25, 0.3) is 0 Å². The molecule has 1 heterocycles. The van der Waals surface area contributed by atoms with Crippen LogP contribution in [-0.2, 0) is 4.79 Å². The number of ether oxygens (including phenoxy) is 1. The zero-order valence-electron chi connectivity index (χ0n) is 15.8. The number of rotatable bonds is 8. The molecule has 1 fully saturated rings.